The molecule has 0 fully saturated rings. The number of aromatic nitrogens is 2. The molecule has 1 aromatic rings. The maximum Gasteiger partial charge on any atom is 0.326 e. The van der Waals surface area contributed by atoms with Crippen LogP contribution in [0.3, 0.4) is 0 Å². The molecule has 1 rings (SSSR count). The molecule has 0 saturated carbocycles. The molecule has 2 unspecified atom stereocenters. The number of hydrogen-bond acceptors (Lipinski definition) is 3. The smallest absolute Gasteiger partial charge is 0.326 e. The number of aryl methyl sites for hydroxylation is 1. The maximum atomic E-state index is 11.7. The van der Waals surface area contributed by atoms with E-state index in [4.69, 9.17) is 5.11 Å². The van der Waals surface area contributed by atoms with Gasteiger partial charge in [-0.3, -0.25) is 9.48 Å². The zero-order valence-electron chi connectivity index (χ0n) is 11.3. The van der Waals surface area contributed by atoms with Gasteiger partial charge in [0.05, 0.1) is 5.69 Å². The number of carbonyl (C=O) groups is 2. The molecule has 0 aliphatic heterocycles. The number of carboxylic acid groups (broad SMARTS) is 1. The first-order valence-corrected chi connectivity index (χ1v) is 6.15. The van der Waals surface area contributed by atoms with Crippen LogP contribution in [0.5, 0.6) is 0 Å². The van der Waals surface area contributed by atoms with Crippen LogP contribution in [0.2, 0.25) is 0 Å². The Morgan fingerprint density at radius 2 is 2.26 bits per heavy atom. The van der Waals surface area contributed by atoms with Crippen LogP contribution in [0.15, 0.2) is 18.3 Å². The van der Waals surface area contributed by atoms with E-state index in [1.165, 1.54) is 6.08 Å². The second-order valence-electron chi connectivity index (χ2n) is 4.42. The van der Waals surface area contributed by atoms with Gasteiger partial charge in [0.2, 0.25) is 5.91 Å². The number of carbonyl (C=O) groups excluding carboxylic acids is 1. The average Bonchev–Trinajstić information content (AvgIpc) is 2.77. The molecule has 19 heavy (non-hydrogen) atoms. The van der Waals surface area contributed by atoms with Crippen molar-refractivity contribution in [1.82, 2.24) is 15.1 Å². The van der Waals surface area contributed by atoms with Crippen LogP contribution < -0.4 is 5.32 Å². The lowest BCUT2D eigenvalue weighted by Crippen LogP contribution is -2.44. The summed E-state index contributed by atoms with van der Waals surface area (Å²) in [5.41, 5.74) is 0.769. The van der Waals surface area contributed by atoms with Gasteiger partial charge in [-0.1, -0.05) is 20.3 Å². The first kappa shape index (κ1) is 14.9. The van der Waals surface area contributed by atoms with Gasteiger partial charge >= 0.3 is 5.97 Å². The highest BCUT2D eigenvalue weighted by Crippen LogP contribution is 2.08. The Kier molecular flexibility index (Phi) is 5.29. The molecule has 0 aliphatic rings. The third kappa shape index (κ3) is 4.24. The fraction of sp³-hybridized carbons (Fsp3) is 0.462. The number of amides is 1. The van der Waals surface area contributed by atoms with Crippen LogP contribution >= 0.6 is 0 Å². The fourth-order valence-electron chi connectivity index (χ4n) is 1.59. The quantitative estimate of drug-likeness (QED) is 0.753. The van der Waals surface area contributed by atoms with Gasteiger partial charge in [0.25, 0.3) is 0 Å². The highest BCUT2D eigenvalue weighted by atomic mass is 16.4. The molecular formula is C13H19N3O3. The molecule has 0 aliphatic carbocycles. The average molecular weight is 265 g/mol. The summed E-state index contributed by atoms with van der Waals surface area (Å²) in [4.78, 5) is 22.8. The molecule has 1 amide bonds. The predicted octanol–water partition coefficient (Wildman–Crippen LogP) is 1.05. The van der Waals surface area contributed by atoms with Crippen molar-refractivity contribution in [3.63, 3.8) is 0 Å². The van der Waals surface area contributed by atoms with Crippen molar-refractivity contribution >= 4 is 18.0 Å². The highest BCUT2D eigenvalue weighted by molar-refractivity contribution is 5.94. The number of hydrogen-bond donors (Lipinski definition) is 2. The van der Waals surface area contributed by atoms with E-state index in [2.05, 4.69) is 10.4 Å². The fourth-order valence-corrected chi connectivity index (χ4v) is 1.59. The Hall–Kier alpha value is -2.11. The van der Waals surface area contributed by atoms with Crippen molar-refractivity contribution in [1.29, 1.82) is 0 Å². The van der Waals surface area contributed by atoms with E-state index in [0.29, 0.717) is 6.42 Å². The van der Waals surface area contributed by atoms with Crippen LogP contribution in [0, 0.1) is 5.92 Å². The normalized spacial score (nSPS) is 14.3. The SMILES string of the molecule is CCC(C)C(NC(=O)/C=C/c1ccnn1C)C(=O)O. The summed E-state index contributed by atoms with van der Waals surface area (Å²) in [6, 6.07) is 0.890. The van der Waals surface area contributed by atoms with Crippen molar-refractivity contribution in [3.8, 4) is 0 Å². The van der Waals surface area contributed by atoms with Crippen LogP contribution in [0.25, 0.3) is 6.08 Å². The summed E-state index contributed by atoms with van der Waals surface area (Å²) >= 11 is 0. The van der Waals surface area contributed by atoms with Gasteiger partial charge in [-0.2, -0.15) is 5.10 Å². The van der Waals surface area contributed by atoms with E-state index in [1.807, 2.05) is 6.92 Å². The van der Waals surface area contributed by atoms with E-state index in [-0.39, 0.29) is 5.92 Å². The number of nitrogens with zero attached hydrogens (tertiary/aromatic N) is 2. The second-order valence-corrected chi connectivity index (χ2v) is 4.42. The zero-order chi connectivity index (χ0) is 14.4. The molecule has 0 spiro atoms. The predicted molar refractivity (Wildman–Crippen MR) is 71.3 cm³/mol. The van der Waals surface area contributed by atoms with Crippen molar-refractivity contribution in [2.24, 2.45) is 13.0 Å². The monoisotopic (exact) mass is 265 g/mol. The van der Waals surface area contributed by atoms with Gasteiger partial charge in [-0.05, 0) is 18.1 Å². The second kappa shape index (κ2) is 6.72. The summed E-state index contributed by atoms with van der Waals surface area (Å²) in [7, 11) is 1.76. The van der Waals surface area contributed by atoms with Gasteiger partial charge in [-0.15, -0.1) is 0 Å². The number of carboxylic acids is 1. The summed E-state index contributed by atoms with van der Waals surface area (Å²) in [6.45, 7) is 3.68. The van der Waals surface area contributed by atoms with E-state index >= 15 is 0 Å². The Morgan fingerprint density at radius 3 is 2.74 bits per heavy atom. The Bertz CT molecular complexity index is 479. The Morgan fingerprint density at radius 1 is 1.58 bits per heavy atom. The van der Waals surface area contributed by atoms with Crippen LogP contribution in [-0.2, 0) is 16.6 Å². The van der Waals surface area contributed by atoms with E-state index in [9.17, 15) is 9.59 Å². The summed E-state index contributed by atoms with van der Waals surface area (Å²) < 4.78 is 1.62. The molecule has 0 saturated heterocycles. The molecule has 0 radical (unpaired) electrons. The zero-order valence-corrected chi connectivity index (χ0v) is 11.3. The van der Waals surface area contributed by atoms with Gasteiger partial charge < -0.3 is 10.4 Å². The van der Waals surface area contributed by atoms with Crippen LogP contribution in [0.1, 0.15) is 26.0 Å². The number of aliphatic carboxylic acids is 1. The first-order valence-electron chi connectivity index (χ1n) is 6.15. The number of nitrogens with one attached hydrogen (secondary N) is 1. The molecule has 0 aromatic carbocycles. The third-order valence-corrected chi connectivity index (χ3v) is 3.04. The molecule has 1 aromatic heterocycles. The van der Waals surface area contributed by atoms with Gasteiger partial charge in [0.15, 0.2) is 0 Å². The molecule has 2 atom stereocenters. The molecule has 1 heterocycles. The minimum absolute atomic E-state index is 0.119. The minimum Gasteiger partial charge on any atom is -0.480 e. The summed E-state index contributed by atoms with van der Waals surface area (Å²) in [5, 5.41) is 15.5. The lowest BCUT2D eigenvalue weighted by Gasteiger charge is -2.19. The highest BCUT2D eigenvalue weighted by Gasteiger charge is 2.24. The standard InChI is InChI=1S/C13H19N3O3/c1-4-9(2)12(13(18)19)15-11(17)6-5-10-7-8-14-16(10)3/h5-9,12H,4H2,1-3H3,(H,15,17)(H,18,19)/b6-5+. The van der Waals surface area contributed by atoms with Gasteiger partial charge in [0, 0.05) is 19.3 Å². The summed E-state index contributed by atoms with van der Waals surface area (Å²) in [5.74, 6) is -1.56. The Balaban J connectivity index is 2.66. The van der Waals surface area contributed by atoms with E-state index in [1.54, 1.807) is 37.0 Å². The molecule has 104 valence electrons. The van der Waals surface area contributed by atoms with Crippen molar-refractivity contribution in [2.75, 3.05) is 0 Å². The van der Waals surface area contributed by atoms with E-state index in [0.717, 1.165) is 5.69 Å². The molecule has 2 N–H and O–H groups in total. The molecule has 6 heteroatoms. The van der Waals surface area contributed by atoms with Gasteiger partial charge in [0.1, 0.15) is 6.04 Å². The lowest BCUT2D eigenvalue weighted by atomic mass is 9.99. The Labute approximate surface area is 112 Å². The minimum atomic E-state index is -1.02. The van der Waals surface area contributed by atoms with Crippen molar-refractivity contribution < 1.29 is 14.7 Å². The molecule has 6 nitrogen and oxygen atoms in total. The molecular weight excluding hydrogens is 246 g/mol. The number of rotatable bonds is 6. The van der Waals surface area contributed by atoms with Crippen LogP contribution in [-0.4, -0.2) is 32.8 Å². The third-order valence-electron chi connectivity index (χ3n) is 3.04. The van der Waals surface area contributed by atoms with Crippen molar-refractivity contribution in [2.45, 2.75) is 26.3 Å². The molecule has 0 bridgehead atoms. The maximum absolute atomic E-state index is 11.7. The van der Waals surface area contributed by atoms with Gasteiger partial charge in [-0.25, -0.2) is 4.79 Å². The lowest BCUT2D eigenvalue weighted by molar-refractivity contribution is -0.142. The summed E-state index contributed by atoms with van der Waals surface area (Å²) in [6.07, 6.45) is 5.21. The topological polar surface area (TPSA) is 84.2 Å². The van der Waals surface area contributed by atoms with Crippen LogP contribution in [0.4, 0.5) is 0 Å². The van der Waals surface area contributed by atoms with E-state index < -0.39 is 17.9 Å². The van der Waals surface area contributed by atoms with Crippen molar-refractivity contribution in [3.05, 3.63) is 24.0 Å². The largest absolute Gasteiger partial charge is 0.480 e. The first-order chi connectivity index (χ1) is 8.95.